The second kappa shape index (κ2) is 9.65. The lowest BCUT2D eigenvalue weighted by Gasteiger charge is -2.18. The Balaban J connectivity index is 1.84. The van der Waals surface area contributed by atoms with Crippen LogP contribution in [0, 0.1) is 31.4 Å². The summed E-state index contributed by atoms with van der Waals surface area (Å²) >= 11 is 0. The summed E-state index contributed by atoms with van der Waals surface area (Å²) in [5.74, 6) is -4.02. The highest BCUT2D eigenvalue weighted by molar-refractivity contribution is 6.15. The summed E-state index contributed by atoms with van der Waals surface area (Å²) in [6, 6.07) is 3.83. The van der Waals surface area contributed by atoms with E-state index in [4.69, 9.17) is 4.74 Å². The molecule has 3 atom stereocenters. The summed E-state index contributed by atoms with van der Waals surface area (Å²) in [5, 5.41) is 2.76. The molecule has 0 radical (unpaired) electrons. The van der Waals surface area contributed by atoms with Gasteiger partial charge in [-0.3, -0.25) is 19.4 Å². The molecule has 170 valence electrons. The van der Waals surface area contributed by atoms with Crippen LogP contribution in [0.1, 0.15) is 42.4 Å². The second-order valence-electron chi connectivity index (χ2n) is 8.34. The highest BCUT2D eigenvalue weighted by Gasteiger charge is 2.44. The summed E-state index contributed by atoms with van der Waals surface area (Å²) in [7, 11) is 1.53. The van der Waals surface area contributed by atoms with Gasteiger partial charge in [-0.15, -0.1) is 0 Å². The Bertz CT molecular complexity index is 1050. The number of halogens is 2. The third-order valence-electron chi connectivity index (χ3n) is 5.68. The number of nitrogens with zero attached hydrogens (tertiary/aromatic N) is 1. The van der Waals surface area contributed by atoms with Gasteiger partial charge < -0.3 is 10.1 Å². The fourth-order valence-corrected chi connectivity index (χ4v) is 4.37. The zero-order valence-electron chi connectivity index (χ0n) is 18.5. The van der Waals surface area contributed by atoms with Crippen LogP contribution in [0.15, 0.2) is 24.4 Å². The number of aromatic nitrogens is 1. The van der Waals surface area contributed by atoms with Crippen molar-refractivity contribution in [1.82, 2.24) is 10.3 Å². The molecular formula is C24H26F2N2O4. The normalized spacial score (nSPS) is 19.3. The Morgan fingerprint density at radius 2 is 1.88 bits per heavy atom. The molecule has 2 aromatic rings. The molecule has 1 fully saturated rings. The van der Waals surface area contributed by atoms with Crippen molar-refractivity contribution in [3.8, 4) is 11.3 Å². The maximum Gasteiger partial charge on any atom is 0.221 e. The molecular weight excluding hydrogens is 418 g/mol. The molecule has 1 N–H and O–H groups in total. The van der Waals surface area contributed by atoms with E-state index in [1.54, 1.807) is 32.9 Å². The quantitative estimate of drug-likeness (QED) is 0.662. The van der Waals surface area contributed by atoms with Crippen LogP contribution < -0.4 is 5.32 Å². The monoisotopic (exact) mass is 444 g/mol. The van der Waals surface area contributed by atoms with E-state index >= 15 is 0 Å². The fraction of sp³-hybridized carbons (Fsp3) is 0.417. The molecule has 0 aliphatic heterocycles. The number of pyridine rings is 1. The maximum atomic E-state index is 14.2. The molecule has 3 unspecified atom stereocenters. The van der Waals surface area contributed by atoms with E-state index in [0.29, 0.717) is 28.9 Å². The van der Waals surface area contributed by atoms with Crippen LogP contribution in [-0.2, 0) is 19.1 Å². The maximum absolute atomic E-state index is 14.2. The van der Waals surface area contributed by atoms with Crippen molar-refractivity contribution in [3.05, 3.63) is 52.7 Å². The summed E-state index contributed by atoms with van der Waals surface area (Å²) in [6.07, 6.45) is 0.879. The van der Waals surface area contributed by atoms with Crippen LogP contribution in [0.2, 0.25) is 0 Å². The molecule has 0 bridgehead atoms. The van der Waals surface area contributed by atoms with Crippen LogP contribution in [0.25, 0.3) is 11.3 Å². The molecule has 0 spiro atoms. The molecule has 3 rings (SSSR count). The molecule has 32 heavy (non-hydrogen) atoms. The lowest BCUT2D eigenvalue weighted by molar-refractivity contribution is -0.129. The van der Waals surface area contributed by atoms with E-state index in [1.807, 2.05) is 0 Å². The number of carbonyl (C=O) groups is 3. The van der Waals surface area contributed by atoms with Crippen molar-refractivity contribution < 1.29 is 27.9 Å². The smallest absolute Gasteiger partial charge is 0.221 e. The van der Waals surface area contributed by atoms with E-state index in [2.05, 4.69) is 10.3 Å². The van der Waals surface area contributed by atoms with E-state index < -0.39 is 23.5 Å². The third-order valence-corrected chi connectivity index (χ3v) is 5.68. The minimum atomic E-state index is -0.954. The molecule has 1 saturated carbocycles. The summed E-state index contributed by atoms with van der Waals surface area (Å²) < 4.78 is 32.4. The number of carbonyl (C=O) groups excluding carboxylic acids is 3. The molecule has 0 saturated heterocycles. The average molecular weight is 444 g/mol. The largest absolute Gasteiger partial charge is 0.383 e. The van der Waals surface area contributed by atoms with E-state index in [-0.39, 0.29) is 42.1 Å². The number of rotatable bonds is 7. The van der Waals surface area contributed by atoms with E-state index in [1.165, 1.54) is 7.11 Å². The Morgan fingerprint density at radius 3 is 2.47 bits per heavy atom. The number of nitrogens with one attached hydrogen (secondary N) is 1. The summed E-state index contributed by atoms with van der Waals surface area (Å²) in [6.45, 7) is 5.61. The van der Waals surface area contributed by atoms with Crippen molar-refractivity contribution in [3.63, 3.8) is 0 Å². The number of ketones is 2. The molecule has 1 aromatic heterocycles. The van der Waals surface area contributed by atoms with Crippen LogP contribution in [0.4, 0.5) is 8.78 Å². The first-order valence-electron chi connectivity index (χ1n) is 10.4. The molecule has 8 heteroatoms. The number of benzene rings is 1. The van der Waals surface area contributed by atoms with Gasteiger partial charge in [-0.1, -0.05) is 0 Å². The Hall–Kier alpha value is -3.00. The number of hydrogen-bond acceptors (Lipinski definition) is 5. The van der Waals surface area contributed by atoms with Gasteiger partial charge in [-0.2, -0.15) is 0 Å². The van der Waals surface area contributed by atoms with Gasteiger partial charge >= 0.3 is 0 Å². The van der Waals surface area contributed by atoms with Gasteiger partial charge in [0.1, 0.15) is 23.2 Å². The standard InChI is InChI=1S/C24H26F2N2O4/c1-12-5-15(23-18(26)9-17(25)10-27-23)6-13(2)21(12)22-19(29)7-16(24(22)31)8-20(30)28-14(3)11-32-4/h5-6,9-10,14,16,22H,7-8,11H2,1-4H3,(H,28,30). The zero-order chi connectivity index (χ0) is 23.6. The predicted octanol–water partition coefficient (Wildman–Crippen LogP) is 3.43. The minimum absolute atomic E-state index is 0.00432. The van der Waals surface area contributed by atoms with Crippen molar-refractivity contribution in [2.45, 2.75) is 45.6 Å². The molecule has 1 aliphatic rings. The van der Waals surface area contributed by atoms with Gasteiger partial charge in [0.15, 0.2) is 11.6 Å². The third kappa shape index (κ3) is 4.91. The number of amides is 1. The second-order valence-corrected chi connectivity index (χ2v) is 8.34. The predicted molar refractivity (Wildman–Crippen MR) is 114 cm³/mol. The molecule has 1 aromatic carbocycles. The number of Topliss-reactive ketones (excluding diaryl/α,β-unsaturated/α-hetero) is 2. The molecule has 1 heterocycles. The van der Waals surface area contributed by atoms with Crippen molar-refractivity contribution in [2.24, 2.45) is 5.92 Å². The molecule has 1 amide bonds. The molecule has 6 nitrogen and oxygen atoms in total. The number of hydrogen-bond donors (Lipinski definition) is 1. The average Bonchev–Trinajstić information content (AvgIpc) is 2.95. The zero-order valence-corrected chi connectivity index (χ0v) is 18.5. The lowest BCUT2D eigenvalue weighted by Crippen LogP contribution is -2.37. The van der Waals surface area contributed by atoms with Gasteiger partial charge in [-0.05, 0) is 49.6 Å². The topological polar surface area (TPSA) is 85.4 Å². The van der Waals surface area contributed by atoms with Crippen molar-refractivity contribution in [1.29, 1.82) is 0 Å². The fourth-order valence-electron chi connectivity index (χ4n) is 4.37. The molecule has 1 aliphatic carbocycles. The number of aryl methyl sites for hydroxylation is 2. The van der Waals surface area contributed by atoms with E-state index in [0.717, 1.165) is 12.3 Å². The highest BCUT2D eigenvalue weighted by Crippen LogP contribution is 2.38. The first-order chi connectivity index (χ1) is 15.1. The highest BCUT2D eigenvalue weighted by atomic mass is 19.1. The van der Waals surface area contributed by atoms with E-state index in [9.17, 15) is 23.2 Å². The van der Waals surface area contributed by atoms with Crippen LogP contribution in [0.3, 0.4) is 0 Å². The first-order valence-corrected chi connectivity index (χ1v) is 10.4. The first kappa shape index (κ1) is 23.7. The SMILES string of the molecule is COCC(C)NC(=O)CC1CC(=O)C(c2c(C)cc(-c3ncc(F)cc3F)cc2C)C1=O. The lowest BCUT2D eigenvalue weighted by atomic mass is 9.85. The Kier molecular flexibility index (Phi) is 7.13. The minimum Gasteiger partial charge on any atom is -0.383 e. The number of methoxy groups -OCH3 is 1. The van der Waals surface area contributed by atoms with Gasteiger partial charge in [0.25, 0.3) is 0 Å². The van der Waals surface area contributed by atoms with Gasteiger partial charge in [0, 0.05) is 43.5 Å². The van der Waals surface area contributed by atoms with Gasteiger partial charge in [0.2, 0.25) is 5.91 Å². The van der Waals surface area contributed by atoms with Gasteiger partial charge in [0.05, 0.1) is 12.8 Å². The van der Waals surface area contributed by atoms with Crippen LogP contribution >= 0.6 is 0 Å². The number of ether oxygens (including phenoxy) is 1. The summed E-state index contributed by atoms with van der Waals surface area (Å²) in [5.41, 5.74) is 2.27. The summed E-state index contributed by atoms with van der Waals surface area (Å²) in [4.78, 5) is 41.9. The van der Waals surface area contributed by atoms with Gasteiger partial charge in [-0.25, -0.2) is 8.78 Å². The van der Waals surface area contributed by atoms with Crippen LogP contribution in [-0.4, -0.2) is 42.2 Å². The van der Waals surface area contributed by atoms with Crippen molar-refractivity contribution >= 4 is 17.5 Å². The Labute approximate surface area is 185 Å². The van der Waals surface area contributed by atoms with Crippen molar-refractivity contribution in [2.75, 3.05) is 13.7 Å². The van der Waals surface area contributed by atoms with Crippen LogP contribution in [0.5, 0.6) is 0 Å². The Morgan fingerprint density at radius 1 is 1.22 bits per heavy atom.